The number of fused-ring (bicyclic) bond motifs is 1. The number of aromatic nitrogens is 1. The molecule has 1 heterocycles. The van der Waals surface area contributed by atoms with Crippen LogP contribution in [0.2, 0.25) is 0 Å². The molecular weight excluding hydrogens is 306 g/mol. The summed E-state index contributed by atoms with van der Waals surface area (Å²) in [6, 6.07) is 7.29. The van der Waals surface area contributed by atoms with Gasteiger partial charge in [0.25, 0.3) is 5.91 Å². The number of benzene rings is 1. The zero-order valence-corrected chi connectivity index (χ0v) is 14.3. The van der Waals surface area contributed by atoms with E-state index in [4.69, 9.17) is 9.26 Å². The molecule has 1 aromatic heterocycles. The third kappa shape index (κ3) is 3.59. The molecule has 0 radical (unpaired) electrons. The number of nitrogens with zero attached hydrogens (tertiary/aromatic N) is 2. The first kappa shape index (κ1) is 16.5. The van der Waals surface area contributed by atoms with Crippen LogP contribution in [0.1, 0.15) is 33.8 Å². The number of amides is 1. The largest absolute Gasteiger partial charge is 0.497 e. The van der Waals surface area contributed by atoms with Gasteiger partial charge in [-0.2, -0.15) is 0 Å². The molecule has 0 saturated heterocycles. The summed E-state index contributed by atoms with van der Waals surface area (Å²) in [6.07, 6.45) is 2.43. The van der Waals surface area contributed by atoms with Crippen molar-refractivity contribution in [3.05, 3.63) is 46.8 Å². The Hall–Kier alpha value is -2.34. The maximum absolute atomic E-state index is 12.5. The summed E-state index contributed by atoms with van der Waals surface area (Å²) < 4.78 is 10.6. The Bertz CT molecular complexity index is 724. The molecule has 0 saturated carbocycles. The van der Waals surface area contributed by atoms with Crippen molar-refractivity contribution in [2.24, 2.45) is 0 Å². The van der Waals surface area contributed by atoms with E-state index >= 15 is 0 Å². The fraction of sp³-hybridized carbons (Fsp3) is 0.444. The number of carbonyl (C=O) groups excluding carboxylic acids is 1. The average molecular weight is 329 g/mol. The maximum Gasteiger partial charge on any atom is 0.251 e. The van der Waals surface area contributed by atoms with Crippen molar-refractivity contribution < 1.29 is 14.1 Å². The molecule has 2 aromatic rings. The third-order valence-corrected chi connectivity index (χ3v) is 4.25. The number of hydrogen-bond acceptors (Lipinski definition) is 5. The highest BCUT2D eigenvalue weighted by Crippen LogP contribution is 2.25. The van der Waals surface area contributed by atoms with Crippen molar-refractivity contribution in [3.63, 3.8) is 0 Å². The predicted molar refractivity (Wildman–Crippen MR) is 90.2 cm³/mol. The van der Waals surface area contributed by atoms with Gasteiger partial charge >= 0.3 is 0 Å². The Kier molecular flexibility index (Phi) is 4.85. The van der Waals surface area contributed by atoms with E-state index in [1.165, 1.54) is 0 Å². The predicted octanol–water partition coefficient (Wildman–Crippen LogP) is 2.03. The van der Waals surface area contributed by atoms with Crippen molar-refractivity contribution in [3.8, 4) is 5.75 Å². The SMILES string of the molecule is COc1cccc(C(=O)NC2CCc3onc(CN(C)C)c3C2)c1. The van der Waals surface area contributed by atoms with Gasteiger partial charge in [0, 0.05) is 30.1 Å². The molecule has 0 aliphatic heterocycles. The molecule has 24 heavy (non-hydrogen) atoms. The van der Waals surface area contributed by atoms with Gasteiger partial charge in [0.1, 0.15) is 17.2 Å². The lowest BCUT2D eigenvalue weighted by Crippen LogP contribution is -2.39. The molecule has 128 valence electrons. The number of methoxy groups -OCH3 is 1. The zero-order chi connectivity index (χ0) is 17.1. The quantitative estimate of drug-likeness (QED) is 0.909. The smallest absolute Gasteiger partial charge is 0.251 e. The van der Waals surface area contributed by atoms with Gasteiger partial charge in [0.2, 0.25) is 0 Å². The summed E-state index contributed by atoms with van der Waals surface area (Å²) in [5.41, 5.74) is 2.72. The van der Waals surface area contributed by atoms with Crippen molar-refractivity contribution in [1.82, 2.24) is 15.4 Å². The van der Waals surface area contributed by atoms with Gasteiger partial charge in [-0.25, -0.2) is 0 Å². The van der Waals surface area contributed by atoms with E-state index in [9.17, 15) is 4.79 Å². The third-order valence-electron chi connectivity index (χ3n) is 4.25. The summed E-state index contributed by atoms with van der Waals surface area (Å²) in [7, 11) is 5.61. The molecular formula is C18H23N3O3. The van der Waals surface area contributed by atoms with Gasteiger partial charge in [0.15, 0.2) is 0 Å². The molecule has 1 aliphatic carbocycles. The number of rotatable bonds is 5. The van der Waals surface area contributed by atoms with E-state index in [-0.39, 0.29) is 11.9 Å². The number of carbonyl (C=O) groups is 1. The standard InChI is InChI=1S/C18H23N3O3/c1-21(2)11-16-15-10-13(7-8-17(15)24-20-16)19-18(22)12-5-4-6-14(9-12)23-3/h4-6,9,13H,7-8,10-11H2,1-3H3,(H,19,22). The van der Waals surface area contributed by atoms with Crippen LogP contribution >= 0.6 is 0 Å². The summed E-state index contributed by atoms with van der Waals surface area (Å²) in [4.78, 5) is 14.5. The van der Waals surface area contributed by atoms with E-state index in [1.54, 1.807) is 19.2 Å². The van der Waals surface area contributed by atoms with Crippen molar-refractivity contribution in [2.45, 2.75) is 31.8 Å². The molecule has 0 bridgehead atoms. The van der Waals surface area contributed by atoms with Gasteiger partial charge in [-0.05, 0) is 45.1 Å². The minimum Gasteiger partial charge on any atom is -0.497 e. The zero-order valence-electron chi connectivity index (χ0n) is 14.3. The summed E-state index contributed by atoms with van der Waals surface area (Å²) in [6.45, 7) is 0.745. The lowest BCUT2D eigenvalue weighted by atomic mass is 9.91. The molecule has 1 aliphatic rings. The topological polar surface area (TPSA) is 67.6 Å². The second-order valence-electron chi connectivity index (χ2n) is 6.41. The van der Waals surface area contributed by atoms with E-state index in [2.05, 4.69) is 15.4 Å². The van der Waals surface area contributed by atoms with Gasteiger partial charge in [0.05, 0.1) is 7.11 Å². The van der Waals surface area contributed by atoms with Gasteiger partial charge in [-0.3, -0.25) is 4.79 Å². The minimum atomic E-state index is -0.0760. The number of ether oxygens (including phenoxy) is 1. The summed E-state index contributed by atoms with van der Waals surface area (Å²) in [5.74, 6) is 1.56. The highest BCUT2D eigenvalue weighted by molar-refractivity contribution is 5.94. The average Bonchev–Trinajstić information content (AvgIpc) is 2.96. The number of aryl methyl sites for hydroxylation is 1. The molecule has 1 unspecified atom stereocenters. The molecule has 0 spiro atoms. The molecule has 3 rings (SSSR count). The van der Waals surface area contributed by atoms with Crippen molar-refractivity contribution >= 4 is 5.91 Å². The Morgan fingerprint density at radius 2 is 2.29 bits per heavy atom. The first-order valence-electron chi connectivity index (χ1n) is 8.12. The Morgan fingerprint density at radius 1 is 1.46 bits per heavy atom. The first-order valence-corrected chi connectivity index (χ1v) is 8.12. The number of nitrogens with one attached hydrogen (secondary N) is 1. The first-order chi connectivity index (χ1) is 11.6. The second kappa shape index (κ2) is 7.05. The van der Waals surface area contributed by atoms with E-state index in [1.807, 2.05) is 26.2 Å². The Morgan fingerprint density at radius 3 is 3.04 bits per heavy atom. The summed E-state index contributed by atoms with van der Waals surface area (Å²) >= 11 is 0. The normalized spacial score (nSPS) is 16.8. The molecule has 1 atom stereocenters. The Labute approximate surface area is 141 Å². The number of hydrogen-bond donors (Lipinski definition) is 1. The lowest BCUT2D eigenvalue weighted by Gasteiger charge is -2.23. The fourth-order valence-electron chi connectivity index (χ4n) is 3.04. The van der Waals surface area contributed by atoms with Crippen molar-refractivity contribution in [1.29, 1.82) is 0 Å². The van der Waals surface area contributed by atoms with Crippen molar-refractivity contribution in [2.75, 3.05) is 21.2 Å². The summed E-state index contributed by atoms with van der Waals surface area (Å²) in [5, 5.41) is 7.31. The van der Waals surface area contributed by atoms with Gasteiger partial charge in [-0.1, -0.05) is 11.2 Å². The second-order valence-corrected chi connectivity index (χ2v) is 6.41. The fourth-order valence-corrected chi connectivity index (χ4v) is 3.04. The van der Waals surface area contributed by atoms with Crippen LogP contribution in [0.5, 0.6) is 5.75 Å². The van der Waals surface area contributed by atoms with Crippen LogP contribution in [0.15, 0.2) is 28.8 Å². The van der Waals surface area contributed by atoms with Crippen LogP contribution in [0.4, 0.5) is 0 Å². The van der Waals surface area contributed by atoms with Gasteiger partial charge in [-0.15, -0.1) is 0 Å². The highest BCUT2D eigenvalue weighted by atomic mass is 16.5. The molecule has 1 amide bonds. The lowest BCUT2D eigenvalue weighted by molar-refractivity contribution is 0.0932. The van der Waals surface area contributed by atoms with Gasteiger partial charge < -0.3 is 19.5 Å². The van der Waals surface area contributed by atoms with Crippen LogP contribution in [0, 0.1) is 0 Å². The Balaban J connectivity index is 1.69. The molecule has 0 fully saturated rings. The van der Waals surface area contributed by atoms with E-state index in [0.29, 0.717) is 11.3 Å². The molecule has 1 N–H and O–H groups in total. The van der Waals surface area contributed by atoms with Crippen LogP contribution in [0.25, 0.3) is 0 Å². The van der Waals surface area contributed by atoms with Crippen LogP contribution in [-0.4, -0.2) is 43.2 Å². The molecule has 6 nitrogen and oxygen atoms in total. The van der Waals surface area contributed by atoms with Crippen LogP contribution < -0.4 is 10.1 Å². The monoisotopic (exact) mass is 329 g/mol. The molecule has 1 aromatic carbocycles. The van der Waals surface area contributed by atoms with Crippen LogP contribution in [-0.2, 0) is 19.4 Å². The van der Waals surface area contributed by atoms with E-state index < -0.39 is 0 Å². The highest BCUT2D eigenvalue weighted by Gasteiger charge is 2.27. The maximum atomic E-state index is 12.5. The minimum absolute atomic E-state index is 0.0760. The van der Waals surface area contributed by atoms with E-state index in [0.717, 1.165) is 42.8 Å². The molecule has 6 heteroatoms. The van der Waals surface area contributed by atoms with Crippen LogP contribution in [0.3, 0.4) is 0 Å².